The number of halogens is 5. The first kappa shape index (κ1) is 22.7. The zero-order chi connectivity index (χ0) is 21.8. The highest BCUT2D eigenvalue weighted by Crippen LogP contribution is 2.31. The average molecular weight is 431 g/mol. The van der Waals surface area contributed by atoms with E-state index >= 15 is 0 Å². The van der Waals surface area contributed by atoms with Gasteiger partial charge in [-0.05, 0) is 43.7 Å². The lowest BCUT2D eigenvalue weighted by molar-refractivity contribution is -0.137. The van der Waals surface area contributed by atoms with E-state index in [0.717, 1.165) is 18.7 Å². The molecule has 9 heteroatoms. The van der Waals surface area contributed by atoms with E-state index in [0.29, 0.717) is 17.3 Å². The zero-order valence-corrected chi connectivity index (χ0v) is 16.7. The third kappa shape index (κ3) is 5.93. The second kappa shape index (κ2) is 9.26. The van der Waals surface area contributed by atoms with Gasteiger partial charge in [0.05, 0.1) is 28.2 Å². The predicted octanol–water partition coefficient (Wildman–Crippen LogP) is 5.77. The highest BCUT2D eigenvalue weighted by molar-refractivity contribution is 6.33. The van der Waals surface area contributed by atoms with Gasteiger partial charge in [0, 0.05) is 19.2 Å². The molecule has 0 atom stereocenters. The summed E-state index contributed by atoms with van der Waals surface area (Å²) in [5, 5.41) is 0.226. The SMILES string of the molecule is CCN(C)/C=N/c1cc(C)c(C(=O)OCc2ccc(C(F)(F)F)cc2F)cc1Cl. The molecule has 4 nitrogen and oxygen atoms in total. The quantitative estimate of drug-likeness (QED) is 0.253. The van der Waals surface area contributed by atoms with Gasteiger partial charge in [-0.15, -0.1) is 0 Å². The molecule has 2 aromatic rings. The van der Waals surface area contributed by atoms with Gasteiger partial charge in [0.2, 0.25) is 0 Å². The number of carbonyl (C=O) groups is 1. The molecule has 0 unspecified atom stereocenters. The molecule has 0 aliphatic heterocycles. The molecule has 0 saturated carbocycles. The summed E-state index contributed by atoms with van der Waals surface area (Å²) in [5.41, 5.74) is -0.116. The molecular weight excluding hydrogens is 412 g/mol. The van der Waals surface area contributed by atoms with Crippen molar-refractivity contribution in [3.05, 3.63) is 63.4 Å². The number of ether oxygens (including phenoxy) is 1. The lowest BCUT2D eigenvalue weighted by atomic mass is 10.1. The Labute approximate surface area is 170 Å². The van der Waals surface area contributed by atoms with Crippen molar-refractivity contribution in [2.45, 2.75) is 26.6 Å². The van der Waals surface area contributed by atoms with E-state index in [-0.39, 0.29) is 16.1 Å². The average Bonchev–Trinajstić information content (AvgIpc) is 2.65. The van der Waals surface area contributed by atoms with Crippen LogP contribution < -0.4 is 0 Å². The van der Waals surface area contributed by atoms with Crippen LogP contribution >= 0.6 is 11.6 Å². The molecule has 29 heavy (non-hydrogen) atoms. The van der Waals surface area contributed by atoms with Crippen molar-refractivity contribution in [3.63, 3.8) is 0 Å². The third-order valence-corrected chi connectivity index (χ3v) is 4.45. The van der Waals surface area contributed by atoms with E-state index in [9.17, 15) is 22.4 Å². The van der Waals surface area contributed by atoms with Gasteiger partial charge < -0.3 is 9.64 Å². The number of aryl methyl sites for hydroxylation is 1. The molecule has 156 valence electrons. The van der Waals surface area contributed by atoms with Gasteiger partial charge in [-0.2, -0.15) is 13.2 Å². The molecule has 0 spiro atoms. The topological polar surface area (TPSA) is 41.9 Å². The van der Waals surface area contributed by atoms with Crippen LogP contribution in [0.15, 0.2) is 35.3 Å². The Morgan fingerprint density at radius 3 is 2.55 bits per heavy atom. The van der Waals surface area contributed by atoms with Crippen molar-refractivity contribution in [3.8, 4) is 0 Å². The Hall–Kier alpha value is -2.61. The van der Waals surface area contributed by atoms with Crippen molar-refractivity contribution in [1.29, 1.82) is 0 Å². The summed E-state index contributed by atoms with van der Waals surface area (Å²) < 4.78 is 56.7. The maximum absolute atomic E-state index is 13.9. The first-order valence-electron chi connectivity index (χ1n) is 8.60. The van der Waals surface area contributed by atoms with Crippen LogP contribution in [-0.4, -0.2) is 30.8 Å². The van der Waals surface area contributed by atoms with Gasteiger partial charge in [0.15, 0.2) is 0 Å². The largest absolute Gasteiger partial charge is 0.457 e. The molecule has 2 rings (SSSR count). The molecule has 0 aliphatic rings. The lowest BCUT2D eigenvalue weighted by Gasteiger charge is -2.12. The number of benzene rings is 2. The molecule has 2 aromatic carbocycles. The second-order valence-corrected chi connectivity index (χ2v) is 6.72. The van der Waals surface area contributed by atoms with Gasteiger partial charge in [0.25, 0.3) is 0 Å². The maximum atomic E-state index is 13.9. The van der Waals surface area contributed by atoms with Crippen LogP contribution in [0.4, 0.5) is 23.2 Å². The molecule has 0 bridgehead atoms. The molecule has 0 aromatic heterocycles. The first-order chi connectivity index (χ1) is 13.5. The van der Waals surface area contributed by atoms with Crippen LogP contribution in [0.1, 0.15) is 34.0 Å². The van der Waals surface area contributed by atoms with E-state index in [1.165, 1.54) is 6.07 Å². The summed E-state index contributed by atoms with van der Waals surface area (Å²) in [6, 6.07) is 5.03. The smallest absolute Gasteiger partial charge is 0.416 e. The maximum Gasteiger partial charge on any atom is 0.416 e. The number of carbonyl (C=O) groups excluding carboxylic acids is 1. The minimum atomic E-state index is -4.65. The standard InChI is InChI=1S/C20H19ClF4N2O2/c1-4-27(3)11-26-18-7-12(2)15(9-16(18)21)19(28)29-10-13-5-6-14(8-17(13)22)20(23,24)25/h5-9,11H,4,10H2,1-3H3/b26-11+. The Bertz CT molecular complexity index is 929. The van der Waals surface area contributed by atoms with Crippen LogP contribution in [0.25, 0.3) is 0 Å². The number of rotatable bonds is 6. The van der Waals surface area contributed by atoms with Gasteiger partial charge >= 0.3 is 12.1 Å². The molecule has 0 radical (unpaired) electrons. The first-order valence-corrected chi connectivity index (χ1v) is 8.98. The van der Waals surface area contributed by atoms with Gasteiger partial charge in [-0.1, -0.05) is 17.7 Å². The summed E-state index contributed by atoms with van der Waals surface area (Å²) in [4.78, 5) is 18.4. The van der Waals surface area contributed by atoms with Crippen LogP contribution in [0.2, 0.25) is 5.02 Å². The predicted molar refractivity (Wildman–Crippen MR) is 103 cm³/mol. The van der Waals surface area contributed by atoms with Gasteiger partial charge in [-0.25, -0.2) is 14.2 Å². The Morgan fingerprint density at radius 2 is 1.97 bits per heavy atom. The molecule has 0 saturated heterocycles. The molecule has 0 aliphatic carbocycles. The normalized spacial score (nSPS) is 11.7. The van der Waals surface area contributed by atoms with E-state index in [1.54, 1.807) is 19.3 Å². The number of esters is 1. The summed E-state index contributed by atoms with van der Waals surface area (Å²) in [7, 11) is 1.84. The molecule has 0 fully saturated rings. The molecule has 0 heterocycles. The highest BCUT2D eigenvalue weighted by atomic mass is 35.5. The number of aliphatic imine (C=N–C) groups is 1. The summed E-state index contributed by atoms with van der Waals surface area (Å²) in [6.45, 7) is 3.86. The Morgan fingerprint density at radius 1 is 1.28 bits per heavy atom. The minimum Gasteiger partial charge on any atom is -0.457 e. The molecule has 0 N–H and O–H groups in total. The van der Waals surface area contributed by atoms with Crippen molar-refractivity contribution < 1.29 is 27.1 Å². The van der Waals surface area contributed by atoms with Crippen molar-refractivity contribution >= 4 is 29.6 Å². The fourth-order valence-electron chi connectivity index (χ4n) is 2.29. The monoisotopic (exact) mass is 430 g/mol. The number of hydrogen-bond donors (Lipinski definition) is 0. The Kier molecular flexibility index (Phi) is 7.24. The van der Waals surface area contributed by atoms with E-state index in [4.69, 9.17) is 16.3 Å². The number of alkyl halides is 3. The summed E-state index contributed by atoms with van der Waals surface area (Å²) in [6.07, 6.45) is -3.05. The van der Waals surface area contributed by atoms with Crippen molar-refractivity contribution in [1.82, 2.24) is 4.90 Å². The Balaban J connectivity index is 2.13. The highest BCUT2D eigenvalue weighted by Gasteiger charge is 2.31. The summed E-state index contributed by atoms with van der Waals surface area (Å²) in [5.74, 6) is -1.88. The van der Waals surface area contributed by atoms with Gasteiger partial charge in [-0.3, -0.25) is 0 Å². The fourth-order valence-corrected chi connectivity index (χ4v) is 2.50. The summed E-state index contributed by atoms with van der Waals surface area (Å²) >= 11 is 6.17. The molecular formula is C20H19ClF4N2O2. The zero-order valence-electron chi connectivity index (χ0n) is 16.0. The number of nitrogens with zero attached hydrogens (tertiary/aromatic N) is 2. The fraction of sp³-hybridized carbons (Fsp3) is 0.300. The van der Waals surface area contributed by atoms with Gasteiger partial charge in [0.1, 0.15) is 12.4 Å². The number of hydrogen-bond acceptors (Lipinski definition) is 3. The third-order valence-electron chi connectivity index (χ3n) is 4.15. The van der Waals surface area contributed by atoms with E-state index in [1.807, 2.05) is 18.9 Å². The van der Waals surface area contributed by atoms with E-state index < -0.39 is 30.1 Å². The van der Waals surface area contributed by atoms with E-state index in [2.05, 4.69) is 4.99 Å². The van der Waals surface area contributed by atoms with Crippen molar-refractivity contribution in [2.75, 3.05) is 13.6 Å². The van der Waals surface area contributed by atoms with Crippen molar-refractivity contribution in [2.24, 2.45) is 4.99 Å². The van der Waals surface area contributed by atoms with Crippen LogP contribution in [0, 0.1) is 12.7 Å². The lowest BCUT2D eigenvalue weighted by Crippen LogP contribution is -2.14. The van der Waals surface area contributed by atoms with Crippen LogP contribution in [0.5, 0.6) is 0 Å². The molecule has 0 amide bonds. The van der Waals surface area contributed by atoms with Crippen LogP contribution in [-0.2, 0) is 17.5 Å². The van der Waals surface area contributed by atoms with Crippen LogP contribution in [0.3, 0.4) is 0 Å². The minimum absolute atomic E-state index is 0.158. The second-order valence-electron chi connectivity index (χ2n) is 6.32.